The third-order valence-corrected chi connectivity index (χ3v) is 4.69. The van der Waals surface area contributed by atoms with Crippen molar-refractivity contribution < 1.29 is 4.74 Å². The summed E-state index contributed by atoms with van der Waals surface area (Å²) >= 11 is 1.88. The highest BCUT2D eigenvalue weighted by molar-refractivity contribution is 7.10. The van der Waals surface area contributed by atoms with Gasteiger partial charge in [-0.1, -0.05) is 0 Å². The molecule has 2 aliphatic rings. The minimum absolute atomic E-state index is 0.0342. The number of nitrogens with one attached hydrogen (secondary N) is 1. The largest absolute Gasteiger partial charge is 0.368 e. The molecule has 1 atom stereocenters. The van der Waals surface area contributed by atoms with Crippen LogP contribution in [0.2, 0.25) is 0 Å². The van der Waals surface area contributed by atoms with E-state index in [1.54, 1.807) is 5.56 Å². The van der Waals surface area contributed by atoms with Gasteiger partial charge in [-0.15, -0.1) is 11.3 Å². The van der Waals surface area contributed by atoms with Crippen molar-refractivity contribution in [2.24, 2.45) is 0 Å². The number of hydrogen-bond donors (Lipinski definition) is 1. The Labute approximate surface area is 88.3 Å². The minimum Gasteiger partial charge on any atom is -0.368 e. The Morgan fingerprint density at radius 1 is 1.57 bits per heavy atom. The van der Waals surface area contributed by atoms with Crippen LogP contribution in [-0.4, -0.2) is 19.7 Å². The fourth-order valence-electron chi connectivity index (χ4n) is 2.56. The molecule has 2 aliphatic heterocycles. The molecule has 14 heavy (non-hydrogen) atoms. The first-order chi connectivity index (χ1) is 6.82. The van der Waals surface area contributed by atoms with Gasteiger partial charge in [0.15, 0.2) is 0 Å². The highest BCUT2D eigenvalue weighted by atomic mass is 32.1. The van der Waals surface area contributed by atoms with E-state index in [9.17, 15) is 0 Å². The Kier molecular flexibility index (Phi) is 1.94. The average molecular weight is 209 g/mol. The van der Waals surface area contributed by atoms with E-state index < -0.39 is 0 Å². The smallest absolute Gasteiger partial charge is 0.116 e. The highest BCUT2D eigenvalue weighted by Gasteiger charge is 2.42. The maximum atomic E-state index is 6.01. The number of hydrogen-bond acceptors (Lipinski definition) is 3. The molecule has 0 saturated carbocycles. The molecule has 1 spiro atoms. The molecule has 0 amide bonds. The Hall–Kier alpha value is -0.380. The normalized spacial score (nSPS) is 30.9. The summed E-state index contributed by atoms with van der Waals surface area (Å²) in [5.41, 5.74) is 3.05. The summed E-state index contributed by atoms with van der Waals surface area (Å²) in [4.78, 5) is 1.49. The van der Waals surface area contributed by atoms with Crippen LogP contribution in [0.5, 0.6) is 0 Å². The van der Waals surface area contributed by atoms with Crippen molar-refractivity contribution in [1.82, 2.24) is 5.32 Å². The van der Waals surface area contributed by atoms with Crippen LogP contribution in [0.4, 0.5) is 0 Å². The Bertz CT molecular complexity index is 352. The standard InChI is InChI=1S/C11H15NOS/c1-8-6-14-10-9(8)2-5-13-11(10)3-4-12-7-11/h6,12H,2-5,7H2,1H3. The first-order valence-corrected chi connectivity index (χ1v) is 6.12. The molecule has 0 aromatic carbocycles. The van der Waals surface area contributed by atoms with Crippen molar-refractivity contribution in [2.45, 2.75) is 25.4 Å². The molecule has 0 bridgehead atoms. The molecule has 1 N–H and O–H groups in total. The van der Waals surface area contributed by atoms with Crippen molar-refractivity contribution in [2.75, 3.05) is 19.7 Å². The van der Waals surface area contributed by atoms with Crippen molar-refractivity contribution in [3.05, 3.63) is 21.4 Å². The lowest BCUT2D eigenvalue weighted by molar-refractivity contribution is -0.0418. The summed E-state index contributed by atoms with van der Waals surface area (Å²) in [5, 5.41) is 5.69. The molecule has 3 heteroatoms. The Morgan fingerprint density at radius 3 is 3.29 bits per heavy atom. The SMILES string of the molecule is Cc1csc2c1CCOC21CCNC1. The second-order valence-corrected chi connectivity index (χ2v) is 5.13. The fraction of sp³-hybridized carbons (Fsp3) is 0.636. The molecule has 2 nitrogen and oxygen atoms in total. The van der Waals surface area contributed by atoms with Crippen LogP contribution in [0.15, 0.2) is 5.38 Å². The summed E-state index contributed by atoms with van der Waals surface area (Å²) in [6.07, 6.45) is 2.24. The van der Waals surface area contributed by atoms with E-state index >= 15 is 0 Å². The van der Waals surface area contributed by atoms with Gasteiger partial charge < -0.3 is 10.1 Å². The molecular formula is C11H15NOS. The Balaban J connectivity index is 2.10. The predicted molar refractivity (Wildman–Crippen MR) is 57.9 cm³/mol. The number of aryl methyl sites for hydroxylation is 1. The molecular weight excluding hydrogens is 194 g/mol. The molecule has 76 valence electrons. The summed E-state index contributed by atoms with van der Waals surface area (Å²) < 4.78 is 6.01. The van der Waals surface area contributed by atoms with E-state index in [4.69, 9.17) is 4.74 Å². The fourth-order valence-corrected chi connectivity index (χ4v) is 3.85. The van der Waals surface area contributed by atoms with Gasteiger partial charge in [-0.3, -0.25) is 0 Å². The van der Waals surface area contributed by atoms with E-state index in [0.717, 1.165) is 32.5 Å². The molecule has 1 saturated heterocycles. The van der Waals surface area contributed by atoms with Crippen LogP contribution in [0.1, 0.15) is 22.4 Å². The summed E-state index contributed by atoms with van der Waals surface area (Å²) in [6, 6.07) is 0. The molecule has 3 heterocycles. The zero-order chi connectivity index (χ0) is 9.60. The number of rotatable bonds is 0. The lowest BCUT2D eigenvalue weighted by atomic mass is 9.92. The zero-order valence-electron chi connectivity index (χ0n) is 8.43. The van der Waals surface area contributed by atoms with Gasteiger partial charge in [0.05, 0.1) is 6.61 Å². The lowest BCUT2D eigenvalue weighted by Crippen LogP contribution is -2.36. The molecule has 1 fully saturated rings. The second kappa shape index (κ2) is 3.05. The van der Waals surface area contributed by atoms with Gasteiger partial charge in [-0.25, -0.2) is 0 Å². The summed E-state index contributed by atoms with van der Waals surface area (Å²) in [5.74, 6) is 0. The maximum Gasteiger partial charge on any atom is 0.116 e. The highest BCUT2D eigenvalue weighted by Crippen LogP contribution is 2.42. The van der Waals surface area contributed by atoms with Gasteiger partial charge >= 0.3 is 0 Å². The first kappa shape index (κ1) is 8.89. The van der Waals surface area contributed by atoms with Crippen LogP contribution < -0.4 is 5.32 Å². The van der Waals surface area contributed by atoms with Crippen molar-refractivity contribution in [3.63, 3.8) is 0 Å². The van der Waals surface area contributed by atoms with Crippen LogP contribution in [0, 0.1) is 6.92 Å². The number of ether oxygens (including phenoxy) is 1. The van der Waals surface area contributed by atoms with Gasteiger partial charge in [-0.05, 0) is 42.8 Å². The van der Waals surface area contributed by atoms with Gasteiger partial charge in [0.1, 0.15) is 5.60 Å². The minimum atomic E-state index is 0.0342. The lowest BCUT2D eigenvalue weighted by Gasteiger charge is -2.33. The van der Waals surface area contributed by atoms with Crippen LogP contribution >= 0.6 is 11.3 Å². The monoisotopic (exact) mass is 209 g/mol. The third-order valence-electron chi connectivity index (χ3n) is 3.36. The van der Waals surface area contributed by atoms with Gasteiger partial charge in [0.2, 0.25) is 0 Å². The van der Waals surface area contributed by atoms with Crippen LogP contribution in [0.25, 0.3) is 0 Å². The van der Waals surface area contributed by atoms with Crippen LogP contribution in [0.3, 0.4) is 0 Å². The van der Waals surface area contributed by atoms with E-state index in [-0.39, 0.29) is 5.60 Å². The number of fused-ring (bicyclic) bond motifs is 2. The Morgan fingerprint density at radius 2 is 2.50 bits per heavy atom. The molecule has 0 radical (unpaired) electrons. The summed E-state index contributed by atoms with van der Waals surface area (Å²) in [7, 11) is 0. The number of thiophene rings is 1. The molecule has 1 aromatic rings. The topological polar surface area (TPSA) is 21.3 Å². The average Bonchev–Trinajstić information content (AvgIpc) is 2.77. The van der Waals surface area contributed by atoms with E-state index in [0.29, 0.717) is 0 Å². The van der Waals surface area contributed by atoms with Crippen molar-refractivity contribution in [1.29, 1.82) is 0 Å². The molecule has 1 aromatic heterocycles. The third kappa shape index (κ3) is 1.09. The van der Waals surface area contributed by atoms with Crippen molar-refractivity contribution in [3.8, 4) is 0 Å². The maximum absolute atomic E-state index is 6.01. The van der Waals surface area contributed by atoms with Gasteiger partial charge in [0, 0.05) is 11.4 Å². The van der Waals surface area contributed by atoms with E-state index in [1.807, 2.05) is 11.3 Å². The zero-order valence-corrected chi connectivity index (χ0v) is 9.25. The van der Waals surface area contributed by atoms with Crippen LogP contribution in [-0.2, 0) is 16.8 Å². The first-order valence-electron chi connectivity index (χ1n) is 5.24. The van der Waals surface area contributed by atoms with Crippen molar-refractivity contribution >= 4 is 11.3 Å². The van der Waals surface area contributed by atoms with E-state index in [1.165, 1.54) is 10.4 Å². The molecule has 1 unspecified atom stereocenters. The quantitative estimate of drug-likeness (QED) is 0.703. The van der Waals surface area contributed by atoms with E-state index in [2.05, 4.69) is 17.6 Å². The van der Waals surface area contributed by atoms with Gasteiger partial charge in [-0.2, -0.15) is 0 Å². The molecule has 0 aliphatic carbocycles. The molecule has 3 rings (SSSR count). The summed E-state index contributed by atoms with van der Waals surface area (Å²) in [6.45, 7) is 5.21. The van der Waals surface area contributed by atoms with Gasteiger partial charge in [0.25, 0.3) is 0 Å². The predicted octanol–water partition coefficient (Wildman–Crippen LogP) is 1.82. The second-order valence-electron chi connectivity index (χ2n) is 4.25.